The lowest BCUT2D eigenvalue weighted by molar-refractivity contribution is -0.119. The first-order chi connectivity index (χ1) is 18.0. The van der Waals surface area contributed by atoms with E-state index in [4.69, 9.17) is 4.74 Å². The van der Waals surface area contributed by atoms with Gasteiger partial charge in [-0.05, 0) is 65.6 Å². The Morgan fingerprint density at radius 1 is 0.919 bits per heavy atom. The molecule has 0 bridgehead atoms. The summed E-state index contributed by atoms with van der Waals surface area (Å²) in [6.07, 6.45) is 3.06. The van der Waals surface area contributed by atoms with Crippen molar-refractivity contribution in [2.75, 3.05) is 26.3 Å². The summed E-state index contributed by atoms with van der Waals surface area (Å²) in [6, 6.07) is 12.0. The molecule has 2 amide bonds. The van der Waals surface area contributed by atoms with Gasteiger partial charge in [-0.3, -0.25) is 9.59 Å². The minimum Gasteiger partial charge on any atom is -0.381 e. The lowest BCUT2D eigenvalue weighted by Crippen LogP contribution is -2.31. The van der Waals surface area contributed by atoms with Crippen molar-refractivity contribution in [2.24, 2.45) is 0 Å². The van der Waals surface area contributed by atoms with Crippen molar-refractivity contribution in [3.05, 3.63) is 64.6 Å². The maximum atomic E-state index is 15.6. The molecule has 3 aliphatic heterocycles. The van der Waals surface area contributed by atoms with Crippen molar-refractivity contribution in [1.29, 1.82) is 0 Å². The highest BCUT2D eigenvalue weighted by Crippen LogP contribution is 2.39. The van der Waals surface area contributed by atoms with Crippen molar-refractivity contribution in [2.45, 2.75) is 37.5 Å². The number of nitrogens with zero attached hydrogens (tertiary/aromatic N) is 1. The maximum absolute atomic E-state index is 15.6. The molecule has 3 N–H and O–H groups in total. The van der Waals surface area contributed by atoms with Crippen LogP contribution in [0.15, 0.2) is 36.4 Å². The standard InChI is InChI=1S/C29H27FN4O3/c30-27-23(12-24-22-10-17-3-6-31-29(36)21(17)13-25(22)33-28(24)34-27)19-2-1-16(15-4-7-37-8-5-15)9-20(19)18-11-26(35)32-14-18/h1-2,9-10,12-13,15,18H,3-8,11,14H2,(H,31,36)(H,32,35)(H,33,34). The zero-order chi connectivity index (χ0) is 25.1. The summed E-state index contributed by atoms with van der Waals surface area (Å²) in [5.74, 6) is -0.249. The Morgan fingerprint density at radius 3 is 2.59 bits per heavy atom. The summed E-state index contributed by atoms with van der Waals surface area (Å²) in [6.45, 7) is 2.63. The highest BCUT2D eigenvalue weighted by atomic mass is 19.1. The van der Waals surface area contributed by atoms with Crippen molar-refractivity contribution in [1.82, 2.24) is 20.6 Å². The number of carbonyl (C=O) groups excluding carboxylic acids is 2. The van der Waals surface area contributed by atoms with Crippen LogP contribution in [-0.4, -0.2) is 48.1 Å². The molecule has 0 saturated carbocycles. The number of nitrogens with one attached hydrogen (secondary N) is 3. The number of pyridine rings is 1. The molecule has 8 heteroatoms. The molecule has 2 fully saturated rings. The van der Waals surface area contributed by atoms with E-state index in [1.165, 1.54) is 5.56 Å². The van der Waals surface area contributed by atoms with Gasteiger partial charge in [-0.2, -0.15) is 4.39 Å². The van der Waals surface area contributed by atoms with Crippen molar-refractivity contribution in [3.63, 3.8) is 0 Å². The molecule has 2 aromatic heterocycles. The number of rotatable bonds is 3. The monoisotopic (exact) mass is 498 g/mol. The molecule has 37 heavy (non-hydrogen) atoms. The summed E-state index contributed by atoms with van der Waals surface area (Å²) in [5, 5.41) is 7.56. The number of hydrogen-bond donors (Lipinski definition) is 3. The van der Waals surface area contributed by atoms with Gasteiger partial charge >= 0.3 is 0 Å². The molecule has 2 saturated heterocycles. The summed E-state index contributed by atoms with van der Waals surface area (Å²) < 4.78 is 21.1. The Bertz CT molecular complexity index is 1590. The SMILES string of the molecule is O=C1CC(c2cc(C3CCOCC3)ccc2-c2cc3c(nc2F)[nH]c2cc4c(cc23)CCNC4=O)CN1. The molecular weight excluding hydrogens is 471 g/mol. The van der Waals surface area contributed by atoms with E-state index in [0.29, 0.717) is 42.2 Å². The predicted octanol–water partition coefficient (Wildman–Crippen LogP) is 4.31. The van der Waals surface area contributed by atoms with Crippen LogP contribution < -0.4 is 10.6 Å². The zero-order valence-electron chi connectivity index (χ0n) is 20.3. The largest absolute Gasteiger partial charge is 0.381 e. The molecule has 1 atom stereocenters. The van der Waals surface area contributed by atoms with E-state index < -0.39 is 5.95 Å². The van der Waals surface area contributed by atoms with Gasteiger partial charge in [0.15, 0.2) is 0 Å². The lowest BCUT2D eigenvalue weighted by Gasteiger charge is -2.24. The molecule has 188 valence electrons. The van der Waals surface area contributed by atoms with Crippen molar-refractivity contribution in [3.8, 4) is 11.1 Å². The Kier molecular flexibility index (Phi) is 5.25. The number of amides is 2. The average Bonchev–Trinajstić information content (AvgIpc) is 3.50. The number of carbonyl (C=O) groups is 2. The number of aromatic nitrogens is 2. The third kappa shape index (κ3) is 3.78. The van der Waals surface area contributed by atoms with Crippen LogP contribution in [-0.2, 0) is 16.0 Å². The minimum atomic E-state index is -0.557. The van der Waals surface area contributed by atoms with Crippen LogP contribution in [0.4, 0.5) is 4.39 Å². The first kappa shape index (κ1) is 22.4. The molecular formula is C29H27FN4O3. The number of halogens is 1. The van der Waals surface area contributed by atoms with Crippen LogP contribution >= 0.6 is 0 Å². The van der Waals surface area contributed by atoms with Crippen LogP contribution in [0.5, 0.6) is 0 Å². The Balaban J connectivity index is 1.39. The lowest BCUT2D eigenvalue weighted by atomic mass is 9.84. The van der Waals surface area contributed by atoms with Crippen LogP contribution in [0.1, 0.15) is 58.1 Å². The molecule has 7 nitrogen and oxygen atoms in total. The summed E-state index contributed by atoms with van der Waals surface area (Å²) in [7, 11) is 0. The van der Waals surface area contributed by atoms with Crippen molar-refractivity contribution >= 4 is 33.8 Å². The Morgan fingerprint density at radius 2 is 1.78 bits per heavy atom. The van der Waals surface area contributed by atoms with E-state index in [0.717, 1.165) is 65.5 Å². The van der Waals surface area contributed by atoms with Gasteiger partial charge in [0.2, 0.25) is 11.9 Å². The van der Waals surface area contributed by atoms with E-state index in [1.54, 1.807) is 0 Å². The van der Waals surface area contributed by atoms with Gasteiger partial charge in [0.1, 0.15) is 5.65 Å². The molecule has 4 aromatic rings. The fraction of sp³-hybridized carbons (Fsp3) is 0.345. The van der Waals surface area contributed by atoms with Gasteiger partial charge in [-0.15, -0.1) is 0 Å². The third-order valence-electron chi connectivity index (χ3n) is 8.16. The van der Waals surface area contributed by atoms with E-state index in [9.17, 15) is 9.59 Å². The zero-order valence-corrected chi connectivity index (χ0v) is 20.3. The van der Waals surface area contributed by atoms with Gasteiger partial charge in [0, 0.05) is 66.1 Å². The topological polar surface area (TPSA) is 96.1 Å². The van der Waals surface area contributed by atoms with Gasteiger partial charge in [0.25, 0.3) is 5.91 Å². The summed E-state index contributed by atoms with van der Waals surface area (Å²) >= 11 is 0. The average molecular weight is 499 g/mol. The van der Waals surface area contributed by atoms with Crippen LogP contribution in [0, 0.1) is 5.95 Å². The first-order valence-corrected chi connectivity index (χ1v) is 13.0. The molecule has 0 spiro atoms. The second-order valence-corrected chi connectivity index (χ2v) is 10.3. The van der Waals surface area contributed by atoms with E-state index in [2.05, 4.69) is 32.7 Å². The fourth-order valence-corrected chi connectivity index (χ4v) is 6.18. The molecule has 5 heterocycles. The first-order valence-electron chi connectivity index (χ1n) is 13.0. The van der Waals surface area contributed by atoms with E-state index >= 15 is 4.39 Å². The number of aromatic amines is 1. The highest BCUT2D eigenvalue weighted by molar-refractivity contribution is 6.10. The Hall–Kier alpha value is -3.78. The third-order valence-corrected chi connectivity index (χ3v) is 8.16. The number of ether oxygens (including phenoxy) is 1. The molecule has 2 aromatic carbocycles. The number of benzene rings is 2. The molecule has 1 unspecified atom stereocenters. The molecule has 7 rings (SSSR count). The van der Waals surface area contributed by atoms with E-state index in [-0.39, 0.29) is 17.7 Å². The van der Waals surface area contributed by atoms with Gasteiger partial charge in [-0.1, -0.05) is 18.2 Å². The van der Waals surface area contributed by atoms with E-state index in [1.807, 2.05) is 24.3 Å². The number of hydrogen-bond acceptors (Lipinski definition) is 4. The van der Waals surface area contributed by atoms with Crippen LogP contribution in [0.3, 0.4) is 0 Å². The fourth-order valence-electron chi connectivity index (χ4n) is 6.18. The molecule has 0 radical (unpaired) electrons. The number of fused-ring (bicyclic) bond motifs is 4. The quantitative estimate of drug-likeness (QED) is 0.367. The maximum Gasteiger partial charge on any atom is 0.251 e. The molecule has 3 aliphatic rings. The normalized spacial score (nSPS) is 20.3. The number of H-pyrrole nitrogens is 1. The smallest absolute Gasteiger partial charge is 0.251 e. The minimum absolute atomic E-state index is 0.0203. The predicted molar refractivity (Wildman–Crippen MR) is 138 cm³/mol. The van der Waals surface area contributed by atoms with Crippen LogP contribution in [0.2, 0.25) is 0 Å². The highest BCUT2D eigenvalue weighted by Gasteiger charge is 2.28. The van der Waals surface area contributed by atoms with Gasteiger partial charge < -0.3 is 20.4 Å². The Labute approximate surface area is 212 Å². The second kappa shape index (κ2) is 8.66. The second-order valence-electron chi connectivity index (χ2n) is 10.3. The van der Waals surface area contributed by atoms with Crippen molar-refractivity contribution < 1.29 is 18.7 Å². The molecule has 0 aliphatic carbocycles. The van der Waals surface area contributed by atoms with Gasteiger partial charge in [0.05, 0.1) is 0 Å². The summed E-state index contributed by atoms with van der Waals surface area (Å²) in [5.41, 5.74) is 6.25. The van der Waals surface area contributed by atoms with Gasteiger partial charge in [-0.25, -0.2) is 4.98 Å². The van der Waals surface area contributed by atoms with Crippen LogP contribution in [0.25, 0.3) is 33.1 Å². The summed E-state index contributed by atoms with van der Waals surface area (Å²) in [4.78, 5) is 31.9.